The smallest absolute Gasteiger partial charge is 0.337 e. The highest BCUT2D eigenvalue weighted by Crippen LogP contribution is 2.22. The number of sulfonamides is 1. The highest BCUT2D eigenvalue weighted by Gasteiger charge is 2.21. The number of anilines is 2. The van der Waals surface area contributed by atoms with Crippen LogP contribution < -0.4 is 9.62 Å². The first-order valence-electron chi connectivity index (χ1n) is 8.96. The van der Waals surface area contributed by atoms with E-state index in [0.29, 0.717) is 16.9 Å². The quantitative estimate of drug-likeness (QED) is 0.611. The van der Waals surface area contributed by atoms with Gasteiger partial charge >= 0.3 is 5.97 Å². The third-order valence-electron chi connectivity index (χ3n) is 4.44. The van der Waals surface area contributed by atoms with Gasteiger partial charge in [0.2, 0.25) is 0 Å². The van der Waals surface area contributed by atoms with Gasteiger partial charge in [-0.2, -0.15) is 0 Å². The lowest BCUT2D eigenvalue weighted by Gasteiger charge is -2.19. The fourth-order valence-corrected chi connectivity index (χ4v) is 3.95. The zero-order valence-corrected chi connectivity index (χ0v) is 17.2. The summed E-state index contributed by atoms with van der Waals surface area (Å²) in [7, 11) is -1.01. The number of amides is 1. The molecule has 0 atom stereocenters. The molecule has 0 fully saturated rings. The summed E-state index contributed by atoms with van der Waals surface area (Å²) in [4.78, 5) is 24.2. The van der Waals surface area contributed by atoms with Crippen LogP contribution in [0.5, 0.6) is 0 Å². The fourth-order valence-electron chi connectivity index (χ4n) is 2.76. The normalized spacial score (nSPS) is 10.9. The number of benzene rings is 3. The van der Waals surface area contributed by atoms with E-state index in [0.717, 1.165) is 0 Å². The Morgan fingerprint density at radius 2 is 1.53 bits per heavy atom. The maximum Gasteiger partial charge on any atom is 0.337 e. The summed E-state index contributed by atoms with van der Waals surface area (Å²) >= 11 is 0. The Kier molecular flexibility index (Phi) is 6.17. The van der Waals surface area contributed by atoms with Crippen LogP contribution in [-0.4, -0.2) is 34.5 Å². The lowest BCUT2D eigenvalue weighted by atomic mass is 10.1. The van der Waals surface area contributed by atoms with Gasteiger partial charge in [0.25, 0.3) is 15.9 Å². The molecule has 0 saturated heterocycles. The summed E-state index contributed by atoms with van der Waals surface area (Å²) in [5, 5.41) is 2.68. The second-order valence-corrected chi connectivity index (χ2v) is 8.33. The van der Waals surface area contributed by atoms with Crippen molar-refractivity contribution in [3.05, 3.63) is 90.0 Å². The molecule has 154 valence electrons. The van der Waals surface area contributed by atoms with E-state index in [-0.39, 0.29) is 10.5 Å². The largest absolute Gasteiger partial charge is 0.465 e. The van der Waals surface area contributed by atoms with E-state index >= 15 is 0 Å². The van der Waals surface area contributed by atoms with Gasteiger partial charge in [-0.1, -0.05) is 24.3 Å². The second-order valence-electron chi connectivity index (χ2n) is 6.36. The molecule has 8 heteroatoms. The summed E-state index contributed by atoms with van der Waals surface area (Å²) in [6, 6.07) is 20.7. The van der Waals surface area contributed by atoms with Crippen molar-refractivity contribution in [2.45, 2.75) is 4.90 Å². The minimum Gasteiger partial charge on any atom is -0.465 e. The van der Waals surface area contributed by atoms with Crippen molar-refractivity contribution in [2.24, 2.45) is 0 Å². The fraction of sp³-hybridized carbons (Fsp3) is 0.0909. The van der Waals surface area contributed by atoms with Crippen molar-refractivity contribution in [2.75, 3.05) is 23.8 Å². The van der Waals surface area contributed by atoms with E-state index in [1.165, 1.54) is 48.8 Å². The standard InChI is InChI=1S/C22H20N2O5S/c1-24(19-9-4-3-5-10-19)30(27,28)20-13-11-16(12-14-20)21(25)23-18-8-6-7-17(15-18)22(26)29-2/h3-15H,1-2H3,(H,23,25). The summed E-state index contributed by atoms with van der Waals surface area (Å²) in [5.41, 5.74) is 1.54. The number of nitrogens with zero attached hydrogens (tertiary/aromatic N) is 1. The zero-order valence-electron chi connectivity index (χ0n) is 16.4. The molecule has 0 heterocycles. The van der Waals surface area contributed by atoms with Crippen LogP contribution in [0, 0.1) is 0 Å². The maximum atomic E-state index is 12.8. The predicted octanol–water partition coefficient (Wildman–Crippen LogP) is 3.55. The van der Waals surface area contributed by atoms with Crippen LogP contribution in [0.25, 0.3) is 0 Å². The average molecular weight is 424 g/mol. The van der Waals surface area contributed by atoms with Crippen molar-refractivity contribution in [1.82, 2.24) is 0 Å². The van der Waals surface area contributed by atoms with Crippen LogP contribution in [0.4, 0.5) is 11.4 Å². The Balaban J connectivity index is 1.77. The highest BCUT2D eigenvalue weighted by atomic mass is 32.2. The van der Waals surface area contributed by atoms with Crippen LogP contribution in [0.1, 0.15) is 20.7 Å². The Morgan fingerprint density at radius 3 is 2.17 bits per heavy atom. The molecule has 3 rings (SSSR count). The van der Waals surface area contributed by atoms with Gasteiger partial charge in [-0.15, -0.1) is 0 Å². The van der Waals surface area contributed by atoms with E-state index in [9.17, 15) is 18.0 Å². The van der Waals surface area contributed by atoms with Gasteiger partial charge in [0.05, 0.1) is 23.3 Å². The number of methoxy groups -OCH3 is 1. The molecule has 0 bridgehead atoms. The molecule has 7 nitrogen and oxygen atoms in total. The monoisotopic (exact) mass is 424 g/mol. The van der Waals surface area contributed by atoms with Crippen molar-refractivity contribution in [3.8, 4) is 0 Å². The van der Waals surface area contributed by atoms with Gasteiger partial charge < -0.3 is 10.1 Å². The molecule has 0 spiro atoms. The molecule has 0 aliphatic heterocycles. The van der Waals surface area contributed by atoms with Gasteiger partial charge in [-0.25, -0.2) is 13.2 Å². The number of esters is 1. The maximum absolute atomic E-state index is 12.8. The van der Waals surface area contributed by atoms with Gasteiger partial charge in [-0.3, -0.25) is 9.10 Å². The Bertz CT molecular complexity index is 1160. The molecule has 0 saturated carbocycles. The molecule has 1 amide bonds. The van der Waals surface area contributed by atoms with Crippen LogP contribution >= 0.6 is 0 Å². The highest BCUT2D eigenvalue weighted by molar-refractivity contribution is 7.92. The first-order valence-corrected chi connectivity index (χ1v) is 10.4. The number of carbonyl (C=O) groups is 2. The summed E-state index contributed by atoms with van der Waals surface area (Å²) in [6.45, 7) is 0. The summed E-state index contributed by atoms with van der Waals surface area (Å²) in [6.07, 6.45) is 0. The van der Waals surface area contributed by atoms with E-state index in [1.807, 2.05) is 0 Å². The van der Waals surface area contributed by atoms with Crippen LogP contribution in [-0.2, 0) is 14.8 Å². The molecule has 30 heavy (non-hydrogen) atoms. The third-order valence-corrected chi connectivity index (χ3v) is 6.24. The topological polar surface area (TPSA) is 92.8 Å². The Labute approximate surface area is 175 Å². The number of carbonyl (C=O) groups excluding carboxylic acids is 2. The van der Waals surface area contributed by atoms with Crippen molar-refractivity contribution in [1.29, 1.82) is 0 Å². The first-order chi connectivity index (χ1) is 14.3. The van der Waals surface area contributed by atoms with Gasteiger partial charge in [0.1, 0.15) is 0 Å². The van der Waals surface area contributed by atoms with Crippen molar-refractivity contribution >= 4 is 33.3 Å². The van der Waals surface area contributed by atoms with E-state index in [2.05, 4.69) is 10.1 Å². The SMILES string of the molecule is COC(=O)c1cccc(NC(=O)c2ccc(S(=O)(=O)N(C)c3ccccc3)cc2)c1. The van der Waals surface area contributed by atoms with Gasteiger partial charge in [0.15, 0.2) is 0 Å². The number of para-hydroxylation sites is 1. The predicted molar refractivity (Wildman–Crippen MR) is 114 cm³/mol. The molecule has 0 radical (unpaired) electrons. The number of nitrogens with one attached hydrogen (secondary N) is 1. The molecule has 0 aliphatic rings. The van der Waals surface area contributed by atoms with Crippen molar-refractivity contribution < 1.29 is 22.7 Å². The van der Waals surface area contributed by atoms with E-state index < -0.39 is 21.9 Å². The number of hydrogen-bond donors (Lipinski definition) is 1. The molecule has 0 aromatic heterocycles. The Morgan fingerprint density at radius 1 is 0.867 bits per heavy atom. The molecule has 3 aromatic carbocycles. The second kappa shape index (κ2) is 8.79. The van der Waals surface area contributed by atoms with Crippen LogP contribution in [0.15, 0.2) is 83.8 Å². The minimum absolute atomic E-state index is 0.0677. The minimum atomic E-state index is -3.76. The zero-order chi connectivity index (χ0) is 21.7. The van der Waals surface area contributed by atoms with E-state index in [1.54, 1.807) is 48.5 Å². The molecule has 0 unspecified atom stereocenters. The lowest BCUT2D eigenvalue weighted by molar-refractivity contribution is 0.0600. The molecule has 1 N–H and O–H groups in total. The van der Waals surface area contributed by atoms with Gasteiger partial charge in [0, 0.05) is 18.3 Å². The van der Waals surface area contributed by atoms with Crippen LogP contribution in [0.3, 0.4) is 0 Å². The summed E-state index contributed by atoms with van der Waals surface area (Å²) in [5.74, 6) is -0.944. The van der Waals surface area contributed by atoms with E-state index in [4.69, 9.17) is 0 Å². The molecule has 3 aromatic rings. The molecular formula is C22H20N2O5S. The number of hydrogen-bond acceptors (Lipinski definition) is 5. The lowest BCUT2D eigenvalue weighted by Crippen LogP contribution is -2.26. The number of ether oxygens (including phenoxy) is 1. The number of rotatable bonds is 6. The third kappa shape index (κ3) is 4.49. The van der Waals surface area contributed by atoms with Gasteiger partial charge in [-0.05, 0) is 54.6 Å². The van der Waals surface area contributed by atoms with Crippen LogP contribution in [0.2, 0.25) is 0 Å². The summed E-state index contributed by atoms with van der Waals surface area (Å²) < 4.78 is 31.5. The Hall–Kier alpha value is -3.65. The first kappa shape index (κ1) is 21.1. The molecule has 0 aliphatic carbocycles. The van der Waals surface area contributed by atoms with Crippen molar-refractivity contribution in [3.63, 3.8) is 0 Å². The molecular weight excluding hydrogens is 404 g/mol. The average Bonchev–Trinajstić information content (AvgIpc) is 2.78.